The van der Waals surface area contributed by atoms with Gasteiger partial charge in [0.1, 0.15) is 0 Å². The number of carbonyl (C=O) groups excluding carboxylic acids is 1. The van der Waals surface area contributed by atoms with E-state index in [0.29, 0.717) is 12.3 Å². The number of rotatable bonds is 6. The smallest absolute Gasteiger partial charge is 0.230 e. The maximum atomic E-state index is 11.8. The quantitative estimate of drug-likeness (QED) is 0.828. The lowest BCUT2D eigenvalue weighted by molar-refractivity contribution is -0.118. The highest BCUT2D eigenvalue weighted by Gasteiger charge is 2.03. The van der Waals surface area contributed by atoms with Crippen LogP contribution in [0.25, 0.3) is 0 Å². The molecule has 0 aromatic heterocycles. The first-order valence-electron chi connectivity index (χ1n) is 6.78. The maximum absolute atomic E-state index is 11.8. The van der Waals surface area contributed by atoms with Crippen molar-refractivity contribution in [1.29, 1.82) is 0 Å². The summed E-state index contributed by atoms with van der Waals surface area (Å²) in [4.78, 5) is 11.8. The van der Waals surface area contributed by atoms with Gasteiger partial charge in [-0.3, -0.25) is 4.79 Å². The van der Waals surface area contributed by atoms with E-state index in [4.69, 9.17) is 0 Å². The number of carbonyl (C=O) groups is 1. The molecule has 2 aromatic carbocycles. The second kappa shape index (κ2) is 8.25. The Bertz CT molecular complexity index is 598. The molecular formula is C17H18BrNOS. The van der Waals surface area contributed by atoms with Gasteiger partial charge in [0.05, 0.1) is 5.75 Å². The Kier molecular flexibility index (Phi) is 6.33. The van der Waals surface area contributed by atoms with Crippen molar-refractivity contribution in [1.82, 2.24) is 5.32 Å². The Labute approximate surface area is 138 Å². The van der Waals surface area contributed by atoms with E-state index in [1.165, 1.54) is 16.7 Å². The molecule has 2 rings (SSSR count). The molecule has 0 radical (unpaired) electrons. The fourth-order valence-corrected chi connectivity index (χ4v) is 2.98. The van der Waals surface area contributed by atoms with Gasteiger partial charge >= 0.3 is 0 Å². The fraction of sp³-hybridized carbons (Fsp3) is 0.235. The van der Waals surface area contributed by atoms with E-state index in [1.807, 2.05) is 30.3 Å². The SMILES string of the molecule is Cc1ccccc1CNC(=O)CSCc1ccc(Br)cc1. The van der Waals surface area contributed by atoms with Crippen molar-refractivity contribution in [3.05, 3.63) is 69.7 Å². The van der Waals surface area contributed by atoms with Gasteiger partial charge in [-0.1, -0.05) is 52.3 Å². The Hall–Kier alpha value is -1.26. The molecule has 0 unspecified atom stereocenters. The zero-order chi connectivity index (χ0) is 15.1. The number of hydrogen-bond acceptors (Lipinski definition) is 2. The third-order valence-electron chi connectivity index (χ3n) is 3.15. The molecule has 0 aliphatic rings. The first kappa shape index (κ1) is 16.1. The normalized spacial score (nSPS) is 10.4. The molecule has 0 saturated carbocycles. The van der Waals surface area contributed by atoms with E-state index in [1.54, 1.807) is 11.8 Å². The molecule has 2 nitrogen and oxygen atoms in total. The first-order chi connectivity index (χ1) is 10.1. The Balaban J connectivity index is 1.70. The van der Waals surface area contributed by atoms with Crippen LogP contribution in [0.3, 0.4) is 0 Å². The Morgan fingerprint density at radius 2 is 1.86 bits per heavy atom. The number of hydrogen-bond donors (Lipinski definition) is 1. The van der Waals surface area contributed by atoms with Crippen LogP contribution in [0.4, 0.5) is 0 Å². The molecule has 0 aliphatic carbocycles. The van der Waals surface area contributed by atoms with Gasteiger partial charge in [-0.05, 0) is 35.7 Å². The van der Waals surface area contributed by atoms with E-state index in [2.05, 4.69) is 46.4 Å². The van der Waals surface area contributed by atoms with Crippen LogP contribution in [0.1, 0.15) is 16.7 Å². The van der Waals surface area contributed by atoms with E-state index in [-0.39, 0.29) is 5.91 Å². The number of nitrogens with one attached hydrogen (secondary N) is 1. The lowest BCUT2D eigenvalue weighted by atomic mass is 10.1. The topological polar surface area (TPSA) is 29.1 Å². The summed E-state index contributed by atoms with van der Waals surface area (Å²) in [6.45, 7) is 2.66. The summed E-state index contributed by atoms with van der Waals surface area (Å²) in [5.74, 6) is 1.42. The molecule has 0 bridgehead atoms. The van der Waals surface area contributed by atoms with Gasteiger partial charge in [0.15, 0.2) is 0 Å². The summed E-state index contributed by atoms with van der Waals surface area (Å²) in [7, 11) is 0. The predicted octanol–water partition coefficient (Wildman–Crippen LogP) is 4.31. The second-order valence-corrected chi connectivity index (χ2v) is 6.72. The van der Waals surface area contributed by atoms with Crippen LogP contribution in [-0.2, 0) is 17.1 Å². The van der Waals surface area contributed by atoms with Crippen LogP contribution < -0.4 is 5.32 Å². The van der Waals surface area contributed by atoms with Gasteiger partial charge < -0.3 is 5.32 Å². The Morgan fingerprint density at radius 1 is 1.14 bits per heavy atom. The van der Waals surface area contributed by atoms with Gasteiger partial charge in [0.2, 0.25) is 5.91 Å². The average molecular weight is 364 g/mol. The van der Waals surface area contributed by atoms with Gasteiger partial charge in [0.25, 0.3) is 0 Å². The Morgan fingerprint density at radius 3 is 2.57 bits per heavy atom. The molecule has 2 aromatic rings. The largest absolute Gasteiger partial charge is 0.351 e. The highest BCUT2D eigenvalue weighted by Crippen LogP contribution is 2.15. The molecule has 0 aliphatic heterocycles. The molecule has 1 N–H and O–H groups in total. The highest BCUT2D eigenvalue weighted by atomic mass is 79.9. The lowest BCUT2D eigenvalue weighted by Gasteiger charge is -2.08. The standard InChI is InChI=1S/C17H18BrNOS/c1-13-4-2-3-5-15(13)10-19-17(20)12-21-11-14-6-8-16(18)9-7-14/h2-9H,10-12H2,1H3,(H,19,20). The van der Waals surface area contributed by atoms with Gasteiger partial charge in [-0.25, -0.2) is 0 Å². The van der Waals surface area contributed by atoms with E-state index in [0.717, 1.165) is 10.2 Å². The summed E-state index contributed by atoms with van der Waals surface area (Å²) in [6.07, 6.45) is 0. The number of thioether (sulfide) groups is 1. The number of halogens is 1. The molecule has 21 heavy (non-hydrogen) atoms. The molecule has 0 fully saturated rings. The van der Waals surface area contributed by atoms with Crippen LogP contribution in [0, 0.1) is 6.92 Å². The third-order valence-corrected chi connectivity index (χ3v) is 4.68. The highest BCUT2D eigenvalue weighted by molar-refractivity contribution is 9.10. The molecule has 0 saturated heterocycles. The molecule has 1 amide bonds. The summed E-state index contributed by atoms with van der Waals surface area (Å²) < 4.78 is 1.08. The minimum absolute atomic E-state index is 0.0837. The van der Waals surface area contributed by atoms with Crippen LogP contribution in [0.5, 0.6) is 0 Å². The van der Waals surface area contributed by atoms with Crippen molar-refractivity contribution in [3.63, 3.8) is 0 Å². The zero-order valence-corrected chi connectivity index (χ0v) is 14.3. The number of amides is 1. The van der Waals surface area contributed by atoms with Crippen molar-refractivity contribution in [2.24, 2.45) is 0 Å². The monoisotopic (exact) mass is 363 g/mol. The first-order valence-corrected chi connectivity index (χ1v) is 8.73. The summed E-state index contributed by atoms with van der Waals surface area (Å²) in [5, 5.41) is 2.97. The summed E-state index contributed by atoms with van der Waals surface area (Å²) >= 11 is 5.05. The summed E-state index contributed by atoms with van der Waals surface area (Å²) in [6, 6.07) is 16.3. The van der Waals surface area contributed by atoms with Gasteiger partial charge in [-0.15, -0.1) is 11.8 Å². The molecule has 0 heterocycles. The van der Waals surface area contributed by atoms with Crippen molar-refractivity contribution >= 4 is 33.6 Å². The van der Waals surface area contributed by atoms with Gasteiger partial charge in [-0.2, -0.15) is 0 Å². The van der Waals surface area contributed by atoms with Crippen molar-refractivity contribution in [2.45, 2.75) is 19.2 Å². The van der Waals surface area contributed by atoms with E-state index in [9.17, 15) is 4.79 Å². The maximum Gasteiger partial charge on any atom is 0.230 e. The molecule has 4 heteroatoms. The molecule has 110 valence electrons. The van der Waals surface area contributed by atoms with Crippen molar-refractivity contribution in [2.75, 3.05) is 5.75 Å². The number of benzene rings is 2. The molecule has 0 atom stereocenters. The minimum atomic E-state index is 0.0837. The molecular weight excluding hydrogens is 346 g/mol. The van der Waals surface area contributed by atoms with Gasteiger partial charge in [0, 0.05) is 16.8 Å². The van der Waals surface area contributed by atoms with E-state index < -0.39 is 0 Å². The van der Waals surface area contributed by atoms with Crippen LogP contribution in [0.2, 0.25) is 0 Å². The zero-order valence-electron chi connectivity index (χ0n) is 11.9. The van der Waals surface area contributed by atoms with Crippen LogP contribution in [0.15, 0.2) is 53.0 Å². The third kappa shape index (κ3) is 5.56. The van der Waals surface area contributed by atoms with Crippen LogP contribution in [-0.4, -0.2) is 11.7 Å². The fourth-order valence-electron chi connectivity index (χ4n) is 1.90. The lowest BCUT2D eigenvalue weighted by Crippen LogP contribution is -2.24. The predicted molar refractivity (Wildman–Crippen MR) is 93.3 cm³/mol. The van der Waals surface area contributed by atoms with E-state index >= 15 is 0 Å². The summed E-state index contributed by atoms with van der Waals surface area (Å²) in [5.41, 5.74) is 3.61. The second-order valence-electron chi connectivity index (χ2n) is 4.82. The number of aryl methyl sites for hydroxylation is 1. The average Bonchev–Trinajstić information content (AvgIpc) is 2.48. The van der Waals surface area contributed by atoms with Crippen molar-refractivity contribution in [3.8, 4) is 0 Å². The van der Waals surface area contributed by atoms with Crippen LogP contribution >= 0.6 is 27.7 Å². The minimum Gasteiger partial charge on any atom is -0.351 e. The molecule has 0 spiro atoms. The van der Waals surface area contributed by atoms with Crippen molar-refractivity contribution < 1.29 is 4.79 Å².